The molecule has 0 fully saturated rings. The van der Waals surface area contributed by atoms with Crippen molar-refractivity contribution < 1.29 is 14.6 Å². The number of pyridine rings is 1. The van der Waals surface area contributed by atoms with Gasteiger partial charge in [0.2, 0.25) is 0 Å². The predicted molar refractivity (Wildman–Crippen MR) is 58.7 cm³/mol. The molecule has 6 nitrogen and oxygen atoms in total. The van der Waals surface area contributed by atoms with Crippen LogP contribution in [-0.4, -0.2) is 25.6 Å². The quantitative estimate of drug-likeness (QED) is 0.855. The van der Waals surface area contributed by atoms with Gasteiger partial charge in [-0.05, 0) is 12.1 Å². The number of aryl methyl sites for hydroxylation is 1. The van der Waals surface area contributed by atoms with Gasteiger partial charge in [-0.1, -0.05) is 0 Å². The van der Waals surface area contributed by atoms with Gasteiger partial charge in [-0.3, -0.25) is 0 Å². The highest BCUT2D eigenvalue weighted by atomic mass is 16.5. The van der Waals surface area contributed by atoms with Crippen LogP contribution in [0.2, 0.25) is 0 Å². The Morgan fingerprint density at radius 2 is 2.41 bits per heavy atom. The summed E-state index contributed by atoms with van der Waals surface area (Å²) in [6.45, 7) is 0.252. The smallest absolute Gasteiger partial charge is 0.358 e. The van der Waals surface area contributed by atoms with E-state index >= 15 is 0 Å². The summed E-state index contributed by atoms with van der Waals surface area (Å²) in [7, 11) is 1.84. The number of imidazole rings is 1. The molecule has 0 saturated carbocycles. The van der Waals surface area contributed by atoms with Gasteiger partial charge < -0.3 is 14.4 Å². The summed E-state index contributed by atoms with van der Waals surface area (Å²) in [6.07, 6.45) is 4.73. The first kappa shape index (κ1) is 11.1. The highest BCUT2D eigenvalue weighted by Gasteiger charge is 2.12. The molecule has 0 aliphatic carbocycles. The summed E-state index contributed by atoms with van der Waals surface area (Å²) in [5, 5.41) is 8.92. The maximum Gasteiger partial charge on any atom is 0.358 e. The Labute approximate surface area is 97.5 Å². The van der Waals surface area contributed by atoms with Crippen molar-refractivity contribution in [3.8, 4) is 5.75 Å². The zero-order chi connectivity index (χ0) is 12.3. The molecule has 0 unspecified atom stereocenters. The van der Waals surface area contributed by atoms with E-state index in [1.807, 2.05) is 7.05 Å². The van der Waals surface area contributed by atoms with E-state index in [2.05, 4.69) is 9.97 Å². The number of ether oxygens (including phenoxy) is 1. The van der Waals surface area contributed by atoms with Crippen molar-refractivity contribution >= 4 is 5.97 Å². The molecule has 2 rings (SSSR count). The molecule has 0 aliphatic rings. The van der Waals surface area contributed by atoms with E-state index in [0.29, 0.717) is 0 Å². The lowest BCUT2D eigenvalue weighted by atomic mass is 10.3. The summed E-state index contributed by atoms with van der Waals surface area (Å²) < 4.78 is 7.22. The van der Waals surface area contributed by atoms with Crippen molar-refractivity contribution in [2.24, 2.45) is 7.05 Å². The Morgan fingerprint density at radius 3 is 3.06 bits per heavy atom. The molecule has 2 aromatic heterocycles. The van der Waals surface area contributed by atoms with Gasteiger partial charge in [0.25, 0.3) is 0 Å². The largest absolute Gasteiger partial charge is 0.485 e. The Balaban J connectivity index is 2.14. The number of carbonyl (C=O) groups is 1. The number of hydrogen-bond acceptors (Lipinski definition) is 4. The van der Waals surface area contributed by atoms with Crippen LogP contribution in [0.25, 0.3) is 0 Å². The average Bonchev–Trinajstić information content (AvgIpc) is 2.72. The zero-order valence-electron chi connectivity index (χ0n) is 9.20. The minimum atomic E-state index is -1.11. The Bertz CT molecular complexity index is 536. The molecule has 0 saturated heterocycles. The van der Waals surface area contributed by atoms with E-state index < -0.39 is 5.97 Å². The van der Waals surface area contributed by atoms with Crippen LogP contribution >= 0.6 is 0 Å². The first-order chi connectivity index (χ1) is 8.18. The van der Waals surface area contributed by atoms with Gasteiger partial charge in [0.05, 0.1) is 18.2 Å². The van der Waals surface area contributed by atoms with Crippen LogP contribution in [0.1, 0.15) is 16.2 Å². The van der Waals surface area contributed by atoms with Crippen LogP contribution in [0.3, 0.4) is 0 Å². The lowest BCUT2D eigenvalue weighted by Crippen LogP contribution is -2.07. The molecule has 6 heteroatoms. The third kappa shape index (κ3) is 2.41. The zero-order valence-corrected chi connectivity index (χ0v) is 9.20. The van der Waals surface area contributed by atoms with Gasteiger partial charge >= 0.3 is 5.97 Å². The second kappa shape index (κ2) is 4.65. The van der Waals surface area contributed by atoms with Gasteiger partial charge in [0, 0.05) is 13.2 Å². The summed E-state index contributed by atoms with van der Waals surface area (Å²) >= 11 is 0. The normalized spacial score (nSPS) is 10.2. The van der Waals surface area contributed by atoms with E-state index in [-0.39, 0.29) is 18.1 Å². The maximum atomic E-state index is 10.9. The molecule has 0 aliphatic heterocycles. The van der Waals surface area contributed by atoms with Crippen LogP contribution < -0.4 is 4.74 Å². The Hall–Kier alpha value is -2.37. The summed E-state index contributed by atoms with van der Waals surface area (Å²) in [4.78, 5) is 18.6. The number of carboxylic acids is 1. The predicted octanol–water partition coefficient (Wildman–Crippen LogP) is 1.09. The summed E-state index contributed by atoms with van der Waals surface area (Å²) in [5.41, 5.74) is 0.764. The van der Waals surface area contributed by atoms with Crippen LogP contribution in [0.15, 0.2) is 30.9 Å². The van der Waals surface area contributed by atoms with Gasteiger partial charge in [0.15, 0.2) is 11.4 Å². The van der Waals surface area contributed by atoms with Crippen molar-refractivity contribution in [1.29, 1.82) is 0 Å². The molecule has 88 valence electrons. The number of nitrogens with zero attached hydrogens (tertiary/aromatic N) is 3. The molecule has 0 amide bonds. The fourth-order valence-corrected chi connectivity index (χ4v) is 1.34. The van der Waals surface area contributed by atoms with Gasteiger partial charge in [0.1, 0.15) is 6.61 Å². The highest BCUT2D eigenvalue weighted by molar-refractivity contribution is 5.88. The van der Waals surface area contributed by atoms with E-state index in [1.54, 1.807) is 29.2 Å². The number of carboxylic acid groups (broad SMARTS) is 1. The molecule has 2 aromatic rings. The molecule has 0 radical (unpaired) electrons. The molecule has 0 bridgehead atoms. The minimum Gasteiger partial charge on any atom is -0.485 e. The maximum absolute atomic E-state index is 10.9. The van der Waals surface area contributed by atoms with E-state index in [9.17, 15) is 4.79 Å². The minimum absolute atomic E-state index is 0.0883. The SMILES string of the molecule is Cn1cncc1COc1cccnc1C(=O)O. The molecule has 0 aromatic carbocycles. The number of aromatic carboxylic acids is 1. The topological polar surface area (TPSA) is 77.2 Å². The Kier molecular flexibility index (Phi) is 3.04. The van der Waals surface area contributed by atoms with Crippen LogP contribution in [0.4, 0.5) is 0 Å². The molecule has 1 N–H and O–H groups in total. The lowest BCUT2D eigenvalue weighted by Gasteiger charge is -2.08. The number of hydrogen-bond donors (Lipinski definition) is 1. The second-order valence-electron chi connectivity index (χ2n) is 3.44. The van der Waals surface area contributed by atoms with Crippen molar-refractivity contribution in [3.05, 3.63) is 42.2 Å². The second-order valence-corrected chi connectivity index (χ2v) is 3.44. The van der Waals surface area contributed by atoms with Crippen LogP contribution in [0.5, 0.6) is 5.75 Å². The Morgan fingerprint density at radius 1 is 1.59 bits per heavy atom. The summed E-state index contributed by atoms with van der Waals surface area (Å²) in [6, 6.07) is 3.21. The molecular weight excluding hydrogens is 222 g/mol. The fraction of sp³-hybridized carbons (Fsp3) is 0.182. The van der Waals surface area contributed by atoms with Gasteiger partial charge in [-0.15, -0.1) is 0 Å². The van der Waals surface area contributed by atoms with Gasteiger partial charge in [-0.2, -0.15) is 0 Å². The third-order valence-corrected chi connectivity index (χ3v) is 2.27. The van der Waals surface area contributed by atoms with Gasteiger partial charge in [-0.25, -0.2) is 14.8 Å². The van der Waals surface area contributed by atoms with E-state index in [4.69, 9.17) is 9.84 Å². The number of aromatic nitrogens is 3. The first-order valence-electron chi connectivity index (χ1n) is 4.95. The first-order valence-corrected chi connectivity index (χ1v) is 4.95. The lowest BCUT2D eigenvalue weighted by molar-refractivity contribution is 0.0684. The van der Waals surface area contributed by atoms with Crippen LogP contribution in [0, 0.1) is 0 Å². The molecule has 0 atom stereocenters. The number of rotatable bonds is 4. The highest BCUT2D eigenvalue weighted by Crippen LogP contribution is 2.16. The summed E-state index contributed by atoms with van der Waals surface area (Å²) in [5.74, 6) is -0.855. The molecular formula is C11H11N3O3. The molecule has 17 heavy (non-hydrogen) atoms. The van der Waals surface area contributed by atoms with Crippen molar-refractivity contribution in [2.75, 3.05) is 0 Å². The van der Waals surface area contributed by atoms with E-state index in [1.165, 1.54) is 6.20 Å². The molecule has 0 spiro atoms. The van der Waals surface area contributed by atoms with E-state index in [0.717, 1.165) is 5.69 Å². The van der Waals surface area contributed by atoms with Crippen molar-refractivity contribution in [1.82, 2.24) is 14.5 Å². The molecule has 2 heterocycles. The van der Waals surface area contributed by atoms with Crippen molar-refractivity contribution in [2.45, 2.75) is 6.61 Å². The monoisotopic (exact) mass is 233 g/mol. The third-order valence-electron chi connectivity index (χ3n) is 2.27. The van der Waals surface area contributed by atoms with Crippen LogP contribution in [-0.2, 0) is 13.7 Å². The standard InChI is InChI=1S/C11H11N3O3/c1-14-7-12-5-8(14)6-17-9-3-2-4-13-10(9)11(15)16/h2-5,7H,6H2,1H3,(H,15,16). The fourth-order valence-electron chi connectivity index (χ4n) is 1.34. The van der Waals surface area contributed by atoms with Crippen molar-refractivity contribution in [3.63, 3.8) is 0 Å². The average molecular weight is 233 g/mol.